The summed E-state index contributed by atoms with van der Waals surface area (Å²) in [5.41, 5.74) is 0.724. The summed E-state index contributed by atoms with van der Waals surface area (Å²) in [7, 11) is 0. The second-order valence-corrected chi connectivity index (χ2v) is 7.23. The van der Waals surface area contributed by atoms with Crippen molar-refractivity contribution >= 4 is 41.5 Å². The van der Waals surface area contributed by atoms with Crippen molar-refractivity contribution in [3.63, 3.8) is 0 Å². The Morgan fingerprint density at radius 3 is 2.77 bits per heavy atom. The van der Waals surface area contributed by atoms with Crippen LogP contribution in [0.4, 0.5) is 5.69 Å². The summed E-state index contributed by atoms with van der Waals surface area (Å²) in [6.45, 7) is 9.42. The zero-order chi connectivity index (χ0) is 21.4. The summed E-state index contributed by atoms with van der Waals surface area (Å²) in [4.78, 5) is 15.7. The van der Waals surface area contributed by atoms with Gasteiger partial charge in [0.1, 0.15) is 12.4 Å². The zero-order valence-corrected chi connectivity index (χ0v) is 21.0. The molecule has 3 N–H and O–H groups in total. The first-order valence-corrected chi connectivity index (χ1v) is 10.9. The Balaban J connectivity index is 0.00000480. The van der Waals surface area contributed by atoms with E-state index in [1.165, 1.54) is 6.92 Å². The molecule has 0 radical (unpaired) electrons. The molecule has 176 valence electrons. The molecular formula is C22H37IN4O4. The van der Waals surface area contributed by atoms with Crippen LogP contribution in [0.5, 0.6) is 5.75 Å². The van der Waals surface area contributed by atoms with E-state index in [1.54, 1.807) is 6.07 Å². The van der Waals surface area contributed by atoms with Crippen LogP contribution in [0.1, 0.15) is 33.1 Å². The Kier molecular flexibility index (Phi) is 15.1. The summed E-state index contributed by atoms with van der Waals surface area (Å²) in [6.07, 6.45) is 3.10. The lowest BCUT2D eigenvalue weighted by atomic mass is 10.0. The lowest BCUT2D eigenvalue weighted by Crippen LogP contribution is -2.39. The van der Waals surface area contributed by atoms with Crippen LogP contribution in [0.15, 0.2) is 29.3 Å². The standard InChI is InChI=1S/C22H36N4O4.HI/c1-3-23-22(24-10-5-12-29-17-19-8-13-28-14-9-19)25-11-15-30-21-7-4-6-20(16-21)26-18(2)27;/h4,6-7,16,19H,3,5,8-15,17H2,1-2H3,(H,26,27)(H2,23,24,25);1H. The molecule has 1 heterocycles. The molecule has 0 aliphatic carbocycles. The van der Waals surface area contributed by atoms with E-state index in [9.17, 15) is 4.79 Å². The van der Waals surface area contributed by atoms with Crippen LogP contribution in [0.25, 0.3) is 0 Å². The van der Waals surface area contributed by atoms with Crippen LogP contribution in [0.2, 0.25) is 0 Å². The molecule has 0 spiro atoms. The minimum Gasteiger partial charge on any atom is -0.492 e. The van der Waals surface area contributed by atoms with Crippen molar-refractivity contribution in [2.75, 3.05) is 58.0 Å². The van der Waals surface area contributed by atoms with Gasteiger partial charge in [0.2, 0.25) is 5.91 Å². The van der Waals surface area contributed by atoms with Crippen LogP contribution in [-0.4, -0.2) is 64.5 Å². The van der Waals surface area contributed by atoms with Gasteiger partial charge in [0, 0.05) is 58.2 Å². The molecule has 1 fully saturated rings. The molecule has 0 aromatic heterocycles. The van der Waals surface area contributed by atoms with Crippen molar-refractivity contribution in [3.05, 3.63) is 24.3 Å². The second kappa shape index (κ2) is 17.0. The number of hydrogen-bond acceptors (Lipinski definition) is 5. The molecule has 8 nitrogen and oxygen atoms in total. The van der Waals surface area contributed by atoms with Crippen molar-refractivity contribution < 1.29 is 19.0 Å². The molecule has 9 heteroatoms. The van der Waals surface area contributed by atoms with E-state index in [4.69, 9.17) is 14.2 Å². The van der Waals surface area contributed by atoms with Crippen LogP contribution < -0.4 is 20.7 Å². The fourth-order valence-electron chi connectivity index (χ4n) is 3.07. The highest BCUT2D eigenvalue weighted by Crippen LogP contribution is 2.17. The van der Waals surface area contributed by atoms with E-state index in [-0.39, 0.29) is 29.9 Å². The summed E-state index contributed by atoms with van der Waals surface area (Å²) >= 11 is 0. The van der Waals surface area contributed by atoms with Gasteiger partial charge in [-0.05, 0) is 44.2 Å². The predicted molar refractivity (Wildman–Crippen MR) is 135 cm³/mol. The largest absolute Gasteiger partial charge is 0.492 e. The lowest BCUT2D eigenvalue weighted by Gasteiger charge is -2.21. The van der Waals surface area contributed by atoms with E-state index in [2.05, 4.69) is 20.9 Å². The van der Waals surface area contributed by atoms with Gasteiger partial charge in [0.05, 0.1) is 6.54 Å². The van der Waals surface area contributed by atoms with Gasteiger partial charge in [-0.2, -0.15) is 0 Å². The number of halogens is 1. The van der Waals surface area contributed by atoms with E-state index < -0.39 is 0 Å². The number of amides is 1. The molecule has 1 aliphatic heterocycles. The monoisotopic (exact) mass is 548 g/mol. The highest BCUT2D eigenvalue weighted by atomic mass is 127. The van der Waals surface area contributed by atoms with Gasteiger partial charge >= 0.3 is 0 Å². The predicted octanol–water partition coefficient (Wildman–Crippen LogP) is 3.03. The summed E-state index contributed by atoms with van der Waals surface area (Å²) < 4.78 is 16.9. The molecule has 1 aliphatic rings. The van der Waals surface area contributed by atoms with E-state index in [0.717, 1.165) is 63.9 Å². The van der Waals surface area contributed by atoms with Gasteiger partial charge in [-0.15, -0.1) is 24.0 Å². The number of nitrogens with zero attached hydrogens (tertiary/aromatic N) is 1. The number of carbonyl (C=O) groups is 1. The average Bonchev–Trinajstić information content (AvgIpc) is 2.74. The third-order valence-corrected chi connectivity index (χ3v) is 4.57. The Morgan fingerprint density at radius 1 is 1.23 bits per heavy atom. The topological polar surface area (TPSA) is 93.2 Å². The van der Waals surface area contributed by atoms with Gasteiger partial charge < -0.3 is 30.2 Å². The third kappa shape index (κ3) is 12.8. The average molecular weight is 548 g/mol. The van der Waals surface area contributed by atoms with Crippen LogP contribution in [0, 0.1) is 5.92 Å². The first kappa shape index (κ1) is 27.4. The number of anilines is 1. The third-order valence-electron chi connectivity index (χ3n) is 4.57. The van der Waals surface area contributed by atoms with Gasteiger partial charge in [-0.3, -0.25) is 9.79 Å². The number of nitrogens with one attached hydrogen (secondary N) is 3. The number of guanidine groups is 1. The Hall–Kier alpha value is -1.59. The maximum atomic E-state index is 11.1. The summed E-state index contributed by atoms with van der Waals surface area (Å²) in [5.74, 6) is 2.03. The molecule has 1 saturated heterocycles. The van der Waals surface area contributed by atoms with Crippen LogP contribution in [-0.2, 0) is 14.3 Å². The van der Waals surface area contributed by atoms with Crippen molar-refractivity contribution in [3.8, 4) is 5.75 Å². The van der Waals surface area contributed by atoms with Crippen LogP contribution >= 0.6 is 24.0 Å². The number of benzene rings is 1. The quantitative estimate of drug-likeness (QED) is 0.161. The van der Waals surface area contributed by atoms with E-state index >= 15 is 0 Å². The minimum atomic E-state index is -0.103. The Morgan fingerprint density at radius 2 is 2.03 bits per heavy atom. The zero-order valence-electron chi connectivity index (χ0n) is 18.7. The van der Waals surface area contributed by atoms with Crippen molar-refractivity contribution in [1.29, 1.82) is 0 Å². The van der Waals surface area contributed by atoms with Crippen molar-refractivity contribution in [2.24, 2.45) is 10.9 Å². The van der Waals surface area contributed by atoms with E-state index in [1.807, 2.05) is 25.1 Å². The molecule has 1 aromatic rings. The number of aliphatic imine (C=N–C) groups is 1. The maximum absolute atomic E-state index is 11.1. The molecular weight excluding hydrogens is 511 g/mol. The molecule has 0 saturated carbocycles. The molecule has 0 unspecified atom stereocenters. The Bertz CT molecular complexity index is 654. The van der Waals surface area contributed by atoms with Crippen molar-refractivity contribution in [2.45, 2.75) is 33.1 Å². The first-order chi connectivity index (χ1) is 14.7. The van der Waals surface area contributed by atoms with Gasteiger partial charge in [-0.25, -0.2) is 0 Å². The number of rotatable bonds is 12. The maximum Gasteiger partial charge on any atom is 0.221 e. The fourth-order valence-corrected chi connectivity index (χ4v) is 3.07. The summed E-state index contributed by atoms with van der Waals surface area (Å²) in [5, 5.41) is 9.25. The highest BCUT2D eigenvalue weighted by molar-refractivity contribution is 14.0. The van der Waals surface area contributed by atoms with Crippen LogP contribution in [0.3, 0.4) is 0 Å². The highest BCUT2D eigenvalue weighted by Gasteiger charge is 2.13. The van der Waals surface area contributed by atoms with E-state index in [0.29, 0.717) is 31.4 Å². The van der Waals surface area contributed by atoms with Gasteiger partial charge in [0.15, 0.2) is 5.96 Å². The molecule has 1 aromatic carbocycles. The molecule has 0 atom stereocenters. The lowest BCUT2D eigenvalue weighted by molar-refractivity contribution is -0.114. The number of carbonyl (C=O) groups excluding carboxylic acids is 1. The molecule has 31 heavy (non-hydrogen) atoms. The smallest absolute Gasteiger partial charge is 0.221 e. The number of hydrogen-bond donors (Lipinski definition) is 3. The molecule has 1 amide bonds. The summed E-state index contributed by atoms with van der Waals surface area (Å²) in [6, 6.07) is 7.35. The van der Waals surface area contributed by atoms with Gasteiger partial charge in [-0.1, -0.05) is 6.07 Å². The normalized spacial score (nSPS) is 14.5. The molecule has 0 bridgehead atoms. The van der Waals surface area contributed by atoms with Gasteiger partial charge in [0.25, 0.3) is 0 Å². The number of ether oxygens (including phenoxy) is 3. The molecule has 2 rings (SSSR count). The first-order valence-electron chi connectivity index (χ1n) is 10.9. The minimum absolute atomic E-state index is 0. The Labute approximate surface area is 202 Å². The second-order valence-electron chi connectivity index (χ2n) is 7.23. The SMILES string of the molecule is CCNC(=NCCCOCC1CCOCC1)NCCOc1cccc(NC(C)=O)c1.I. The van der Waals surface area contributed by atoms with Crippen molar-refractivity contribution in [1.82, 2.24) is 10.6 Å². The fraction of sp³-hybridized carbons (Fsp3) is 0.636.